The second kappa shape index (κ2) is 10.8. The summed E-state index contributed by atoms with van der Waals surface area (Å²) in [5, 5.41) is 7.94. The molecule has 10 nitrogen and oxygen atoms in total. The molecule has 4 rings (SSSR count). The van der Waals surface area contributed by atoms with Crippen LogP contribution in [-0.4, -0.2) is 68.0 Å². The van der Waals surface area contributed by atoms with Gasteiger partial charge in [0.15, 0.2) is 21.5 Å². The van der Waals surface area contributed by atoms with Crippen LogP contribution in [0.4, 0.5) is 0 Å². The van der Waals surface area contributed by atoms with Crippen molar-refractivity contribution in [3.63, 3.8) is 0 Å². The lowest BCUT2D eigenvalue weighted by Crippen LogP contribution is -2.42. The van der Waals surface area contributed by atoms with Crippen LogP contribution in [0.2, 0.25) is 0 Å². The van der Waals surface area contributed by atoms with E-state index in [1.807, 2.05) is 0 Å². The molecular formula is C25H32N4O6S. The molecule has 0 saturated heterocycles. The molecule has 2 heterocycles. The van der Waals surface area contributed by atoms with Gasteiger partial charge < -0.3 is 18.9 Å². The lowest BCUT2D eigenvalue weighted by atomic mass is 9.80. The van der Waals surface area contributed by atoms with Gasteiger partial charge in [-0.05, 0) is 43.9 Å². The Bertz CT molecular complexity index is 1280. The Kier molecular flexibility index (Phi) is 7.79. The summed E-state index contributed by atoms with van der Waals surface area (Å²) in [4.78, 5) is 4.49. The normalized spacial score (nSPS) is 15.7. The van der Waals surface area contributed by atoms with Crippen LogP contribution >= 0.6 is 0 Å². The van der Waals surface area contributed by atoms with Gasteiger partial charge in [-0.15, -0.1) is 10.2 Å². The summed E-state index contributed by atoms with van der Waals surface area (Å²) < 4.78 is 51.0. The third kappa shape index (κ3) is 4.90. The van der Waals surface area contributed by atoms with Crippen molar-refractivity contribution in [2.45, 2.75) is 43.3 Å². The van der Waals surface area contributed by atoms with Crippen LogP contribution in [-0.2, 0) is 20.3 Å². The van der Waals surface area contributed by atoms with E-state index in [-0.39, 0.29) is 23.6 Å². The molecule has 0 radical (unpaired) electrons. The minimum Gasteiger partial charge on any atom is -0.494 e. The van der Waals surface area contributed by atoms with E-state index in [1.165, 1.54) is 21.3 Å². The molecule has 3 aromatic rings. The van der Waals surface area contributed by atoms with Gasteiger partial charge in [-0.3, -0.25) is 4.57 Å². The Morgan fingerprint density at radius 2 is 1.64 bits per heavy atom. The van der Waals surface area contributed by atoms with Gasteiger partial charge in [-0.1, -0.05) is 18.6 Å². The van der Waals surface area contributed by atoms with Gasteiger partial charge in [0, 0.05) is 13.2 Å². The summed E-state index contributed by atoms with van der Waals surface area (Å²) in [7, 11) is 2.49. The minimum absolute atomic E-state index is 0.215. The van der Waals surface area contributed by atoms with E-state index in [2.05, 4.69) is 15.2 Å². The molecule has 0 unspecified atom stereocenters. The SMILES string of the molecule is COc1cccc(-c2nnc(CS(=O)(=O)[C@H](C)[C@H](OC)C3CCC3)n2-c2c(OC)cccc2OC)n1. The standard InChI is InChI=1S/C25H32N4O6S/c1-16(24(35-5)17-9-6-10-17)36(30,31)15-21-27-28-25(18-11-7-14-22(26-18)34-4)29(21)23-19(32-2)12-8-13-20(23)33-3/h7-8,11-14,16-17,24H,6,9-10,15H2,1-5H3/t16-,24+/m1/s1. The molecule has 1 aliphatic rings. The predicted octanol–water partition coefficient (Wildman–Crippen LogP) is 3.47. The van der Waals surface area contributed by atoms with Crippen LogP contribution in [0.5, 0.6) is 17.4 Å². The van der Waals surface area contributed by atoms with Crippen LogP contribution < -0.4 is 14.2 Å². The third-order valence-electron chi connectivity index (χ3n) is 6.76. The second-order valence-electron chi connectivity index (χ2n) is 8.76. The van der Waals surface area contributed by atoms with Crippen molar-refractivity contribution in [1.29, 1.82) is 0 Å². The highest BCUT2D eigenvalue weighted by Gasteiger charge is 2.39. The van der Waals surface area contributed by atoms with Gasteiger partial charge in [0.1, 0.15) is 28.6 Å². The lowest BCUT2D eigenvalue weighted by Gasteiger charge is -2.36. The molecule has 11 heteroatoms. The van der Waals surface area contributed by atoms with Gasteiger partial charge in [0.05, 0.1) is 32.7 Å². The van der Waals surface area contributed by atoms with Crippen molar-refractivity contribution >= 4 is 9.84 Å². The fourth-order valence-electron chi connectivity index (χ4n) is 4.57. The summed E-state index contributed by atoms with van der Waals surface area (Å²) in [5.74, 6) is 1.76. The summed E-state index contributed by atoms with van der Waals surface area (Å²) in [6, 6.07) is 10.6. The van der Waals surface area contributed by atoms with Crippen molar-refractivity contribution < 1.29 is 27.4 Å². The molecule has 0 N–H and O–H groups in total. The summed E-state index contributed by atoms with van der Waals surface area (Å²) in [6.45, 7) is 1.71. The zero-order chi connectivity index (χ0) is 25.9. The highest BCUT2D eigenvalue weighted by molar-refractivity contribution is 7.91. The van der Waals surface area contributed by atoms with Crippen molar-refractivity contribution in [2.75, 3.05) is 28.4 Å². The van der Waals surface area contributed by atoms with E-state index in [0.717, 1.165) is 19.3 Å². The predicted molar refractivity (Wildman–Crippen MR) is 134 cm³/mol. The number of methoxy groups -OCH3 is 4. The number of benzene rings is 1. The van der Waals surface area contributed by atoms with E-state index in [0.29, 0.717) is 34.6 Å². The number of ether oxygens (including phenoxy) is 4. The average Bonchev–Trinajstić information content (AvgIpc) is 3.27. The Morgan fingerprint density at radius 3 is 2.19 bits per heavy atom. The largest absolute Gasteiger partial charge is 0.494 e. The maximum atomic E-state index is 13.6. The number of hydrogen-bond donors (Lipinski definition) is 0. The van der Waals surface area contributed by atoms with E-state index >= 15 is 0 Å². The monoisotopic (exact) mass is 516 g/mol. The third-order valence-corrected chi connectivity index (χ3v) is 8.82. The fraction of sp³-hybridized carbons (Fsp3) is 0.480. The lowest BCUT2D eigenvalue weighted by molar-refractivity contribution is 0.0193. The Labute approximate surface area is 211 Å². The van der Waals surface area contributed by atoms with E-state index in [4.69, 9.17) is 18.9 Å². The number of sulfone groups is 1. The molecular weight excluding hydrogens is 484 g/mol. The quantitative estimate of drug-likeness (QED) is 0.378. The van der Waals surface area contributed by atoms with Crippen LogP contribution in [0, 0.1) is 5.92 Å². The van der Waals surface area contributed by atoms with Gasteiger partial charge in [0.25, 0.3) is 0 Å². The number of aromatic nitrogens is 4. The summed E-state index contributed by atoms with van der Waals surface area (Å²) in [6.07, 6.45) is 2.66. The smallest absolute Gasteiger partial charge is 0.213 e. The molecule has 1 saturated carbocycles. The van der Waals surface area contributed by atoms with Crippen molar-refractivity contribution in [3.05, 3.63) is 42.2 Å². The molecule has 0 bridgehead atoms. The molecule has 1 aliphatic carbocycles. The Balaban J connectivity index is 1.85. The Morgan fingerprint density at radius 1 is 0.972 bits per heavy atom. The zero-order valence-corrected chi connectivity index (χ0v) is 22.0. The first-order valence-corrected chi connectivity index (χ1v) is 13.5. The highest BCUT2D eigenvalue weighted by Crippen LogP contribution is 2.38. The molecule has 0 spiro atoms. The maximum absolute atomic E-state index is 13.6. The van der Waals surface area contributed by atoms with Crippen LogP contribution in [0.15, 0.2) is 36.4 Å². The fourth-order valence-corrected chi connectivity index (χ4v) is 6.12. The van der Waals surface area contributed by atoms with Crippen LogP contribution in [0.1, 0.15) is 32.0 Å². The topological polar surface area (TPSA) is 115 Å². The van der Waals surface area contributed by atoms with Crippen molar-refractivity contribution in [1.82, 2.24) is 19.7 Å². The molecule has 2 atom stereocenters. The average molecular weight is 517 g/mol. The van der Waals surface area contributed by atoms with Gasteiger partial charge >= 0.3 is 0 Å². The van der Waals surface area contributed by atoms with Gasteiger partial charge in [-0.2, -0.15) is 0 Å². The molecule has 1 aromatic carbocycles. The summed E-state index contributed by atoms with van der Waals surface area (Å²) in [5.41, 5.74) is 0.933. The van der Waals surface area contributed by atoms with Crippen molar-refractivity contribution in [3.8, 4) is 34.6 Å². The Hall–Kier alpha value is -3.18. The van der Waals surface area contributed by atoms with Crippen molar-refractivity contribution in [2.24, 2.45) is 5.92 Å². The number of rotatable bonds is 11. The van der Waals surface area contributed by atoms with E-state index < -0.39 is 15.1 Å². The number of pyridine rings is 1. The van der Waals surface area contributed by atoms with E-state index in [1.54, 1.807) is 55.0 Å². The molecule has 0 amide bonds. The maximum Gasteiger partial charge on any atom is 0.213 e. The van der Waals surface area contributed by atoms with Gasteiger partial charge in [0.2, 0.25) is 5.88 Å². The zero-order valence-electron chi connectivity index (χ0n) is 21.2. The molecule has 36 heavy (non-hydrogen) atoms. The number of para-hydroxylation sites is 1. The summed E-state index contributed by atoms with van der Waals surface area (Å²) >= 11 is 0. The van der Waals surface area contributed by atoms with Crippen LogP contribution in [0.25, 0.3) is 17.2 Å². The first-order chi connectivity index (χ1) is 17.3. The highest BCUT2D eigenvalue weighted by atomic mass is 32.2. The van der Waals surface area contributed by atoms with Crippen LogP contribution in [0.3, 0.4) is 0 Å². The molecule has 2 aromatic heterocycles. The minimum atomic E-state index is -3.67. The molecule has 0 aliphatic heterocycles. The first kappa shape index (κ1) is 25.9. The van der Waals surface area contributed by atoms with E-state index in [9.17, 15) is 8.42 Å². The number of nitrogens with zero attached hydrogens (tertiary/aromatic N) is 4. The molecule has 1 fully saturated rings. The number of hydrogen-bond acceptors (Lipinski definition) is 9. The molecule has 194 valence electrons. The first-order valence-electron chi connectivity index (χ1n) is 11.8. The second-order valence-corrected chi connectivity index (χ2v) is 11.1. The van der Waals surface area contributed by atoms with Gasteiger partial charge in [-0.25, -0.2) is 13.4 Å².